The maximum absolute atomic E-state index is 4.31. The molecule has 0 radical (unpaired) electrons. The fourth-order valence-corrected chi connectivity index (χ4v) is 1.03. The van der Waals surface area contributed by atoms with E-state index in [9.17, 15) is 0 Å². The molecule has 11 heavy (non-hydrogen) atoms. The maximum atomic E-state index is 4.31. The number of aryl methyl sites for hydroxylation is 2. The SMILES string of the molecule is C=C(C)Cc1cc(C)n(C)n1. The van der Waals surface area contributed by atoms with Crippen LogP contribution in [0.25, 0.3) is 0 Å². The lowest BCUT2D eigenvalue weighted by Crippen LogP contribution is -1.93. The van der Waals surface area contributed by atoms with E-state index in [1.54, 1.807) is 0 Å². The molecule has 0 unspecified atom stereocenters. The Balaban J connectivity index is 2.81. The molecule has 1 rings (SSSR count). The lowest BCUT2D eigenvalue weighted by Gasteiger charge is -1.92. The van der Waals surface area contributed by atoms with Gasteiger partial charge in [0.25, 0.3) is 0 Å². The second-order valence-electron chi connectivity index (χ2n) is 3.03. The third kappa shape index (κ3) is 1.93. The number of aromatic nitrogens is 2. The van der Waals surface area contributed by atoms with Gasteiger partial charge in [-0.2, -0.15) is 5.10 Å². The Labute approximate surface area is 67.5 Å². The van der Waals surface area contributed by atoms with Crippen LogP contribution in [-0.2, 0) is 13.5 Å². The van der Waals surface area contributed by atoms with Gasteiger partial charge in [-0.15, -0.1) is 0 Å². The zero-order chi connectivity index (χ0) is 8.43. The first kappa shape index (κ1) is 8.05. The van der Waals surface area contributed by atoms with Gasteiger partial charge in [0.1, 0.15) is 0 Å². The van der Waals surface area contributed by atoms with Crippen molar-refractivity contribution in [1.29, 1.82) is 0 Å². The molecule has 0 N–H and O–H groups in total. The molecular formula is C9H14N2. The lowest BCUT2D eigenvalue weighted by molar-refractivity contribution is 0.725. The highest BCUT2D eigenvalue weighted by atomic mass is 15.3. The second kappa shape index (κ2) is 2.91. The van der Waals surface area contributed by atoms with Crippen LogP contribution in [0.2, 0.25) is 0 Å². The summed E-state index contributed by atoms with van der Waals surface area (Å²) in [6, 6.07) is 2.09. The zero-order valence-corrected chi connectivity index (χ0v) is 7.39. The van der Waals surface area contributed by atoms with Crippen molar-refractivity contribution in [2.24, 2.45) is 7.05 Å². The van der Waals surface area contributed by atoms with Crippen LogP contribution < -0.4 is 0 Å². The van der Waals surface area contributed by atoms with Crippen LogP contribution in [0.15, 0.2) is 18.2 Å². The Morgan fingerprint density at radius 3 is 2.73 bits per heavy atom. The molecule has 1 aromatic rings. The van der Waals surface area contributed by atoms with E-state index >= 15 is 0 Å². The molecule has 0 fully saturated rings. The average molecular weight is 150 g/mol. The Kier molecular flexibility index (Phi) is 2.13. The normalized spacial score (nSPS) is 10.1. The van der Waals surface area contributed by atoms with Crippen molar-refractivity contribution in [2.45, 2.75) is 20.3 Å². The van der Waals surface area contributed by atoms with E-state index in [1.807, 2.05) is 18.7 Å². The average Bonchev–Trinajstić information content (AvgIpc) is 2.10. The number of allylic oxidation sites excluding steroid dienone is 1. The van der Waals surface area contributed by atoms with Crippen LogP contribution in [-0.4, -0.2) is 9.78 Å². The van der Waals surface area contributed by atoms with E-state index < -0.39 is 0 Å². The summed E-state index contributed by atoms with van der Waals surface area (Å²) < 4.78 is 1.89. The van der Waals surface area contributed by atoms with E-state index in [-0.39, 0.29) is 0 Å². The van der Waals surface area contributed by atoms with Gasteiger partial charge in [-0.25, -0.2) is 0 Å². The molecular weight excluding hydrogens is 136 g/mol. The fraction of sp³-hybridized carbons (Fsp3) is 0.444. The first-order valence-electron chi connectivity index (χ1n) is 3.73. The summed E-state index contributed by atoms with van der Waals surface area (Å²) >= 11 is 0. The van der Waals surface area contributed by atoms with Gasteiger partial charge < -0.3 is 0 Å². The summed E-state index contributed by atoms with van der Waals surface area (Å²) in [5.74, 6) is 0. The number of hydrogen-bond donors (Lipinski definition) is 0. The van der Waals surface area contributed by atoms with Crippen LogP contribution in [0, 0.1) is 6.92 Å². The van der Waals surface area contributed by atoms with Crippen LogP contribution in [0.3, 0.4) is 0 Å². The van der Waals surface area contributed by atoms with Gasteiger partial charge >= 0.3 is 0 Å². The highest BCUT2D eigenvalue weighted by molar-refractivity contribution is 5.13. The summed E-state index contributed by atoms with van der Waals surface area (Å²) in [6.45, 7) is 7.91. The fourth-order valence-electron chi connectivity index (χ4n) is 1.03. The quantitative estimate of drug-likeness (QED) is 0.588. The highest BCUT2D eigenvalue weighted by Gasteiger charge is 1.99. The molecule has 1 aromatic heterocycles. The lowest BCUT2D eigenvalue weighted by atomic mass is 10.2. The van der Waals surface area contributed by atoms with E-state index in [0.29, 0.717) is 0 Å². The third-order valence-corrected chi connectivity index (χ3v) is 1.65. The van der Waals surface area contributed by atoms with Gasteiger partial charge in [0.15, 0.2) is 0 Å². The Morgan fingerprint density at radius 2 is 2.36 bits per heavy atom. The summed E-state index contributed by atoms with van der Waals surface area (Å²) in [4.78, 5) is 0. The molecule has 0 spiro atoms. The van der Waals surface area contributed by atoms with Gasteiger partial charge in [0.05, 0.1) is 5.69 Å². The van der Waals surface area contributed by atoms with Crippen molar-refractivity contribution in [3.8, 4) is 0 Å². The summed E-state index contributed by atoms with van der Waals surface area (Å²) in [6.07, 6.45) is 0.891. The molecule has 0 aromatic carbocycles. The van der Waals surface area contributed by atoms with Crippen LogP contribution in [0.5, 0.6) is 0 Å². The topological polar surface area (TPSA) is 17.8 Å². The number of nitrogens with zero attached hydrogens (tertiary/aromatic N) is 2. The van der Waals surface area contributed by atoms with Crippen molar-refractivity contribution >= 4 is 0 Å². The molecule has 0 saturated carbocycles. The number of rotatable bonds is 2. The van der Waals surface area contributed by atoms with Crippen LogP contribution in [0.4, 0.5) is 0 Å². The summed E-state index contributed by atoms with van der Waals surface area (Å²) in [7, 11) is 1.96. The van der Waals surface area contributed by atoms with Gasteiger partial charge in [0.2, 0.25) is 0 Å². The maximum Gasteiger partial charge on any atom is 0.0667 e. The van der Waals surface area contributed by atoms with Crippen LogP contribution >= 0.6 is 0 Å². The van der Waals surface area contributed by atoms with Crippen molar-refractivity contribution in [3.05, 3.63) is 29.6 Å². The van der Waals surface area contributed by atoms with E-state index in [1.165, 1.54) is 5.69 Å². The molecule has 0 aliphatic rings. The molecule has 2 nitrogen and oxygen atoms in total. The van der Waals surface area contributed by atoms with Gasteiger partial charge in [-0.05, 0) is 19.9 Å². The molecule has 0 aliphatic heterocycles. The van der Waals surface area contributed by atoms with E-state index in [0.717, 1.165) is 17.7 Å². The molecule has 0 amide bonds. The smallest absolute Gasteiger partial charge is 0.0667 e. The van der Waals surface area contributed by atoms with E-state index in [2.05, 4.69) is 24.7 Å². The largest absolute Gasteiger partial charge is 0.273 e. The molecule has 1 heterocycles. The van der Waals surface area contributed by atoms with Gasteiger partial charge in [-0.1, -0.05) is 12.2 Å². The summed E-state index contributed by atoms with van der Waals surface area (Å²) in [5.41, 5.74) is 3.46. The minimum atomic E-state index is 0.891. The Morgan fingerprint density at radius 1 is 1.73 bits per heavy atom. The standard InChI is InChI=1S/C9H14N2/c1-7(2)5-9-6-8(3)11(4)10-9/h6H,1,5H2,2-4H3. The Hall–Kier alpha value is -1.05. The number of hydrogen-bond acceptors (Lipinski definition) is 1. The van der Waals surface area contributed by atoms with Crippen LogP contribution in [0.1, 0.15) is 18.3 Å². The molecule has 0 bridgehead atoms. The summed E-state index contributed by atoms with van der Waals surface area (Å²) in [5, 5.41) is 4.31. The molecule has 0 saturated heterocycles. The van der Waals surface area contributed by atoms with Crippen molar-refractivity contribution < 1.29 is 0 Å². The highest BCUT2D eigenvalue weighted by Crippen LogP contribution is 2.05. The van der Waals surface area contributed by atoms with Crippen molar-refractivity contribution in [1.82, 2.24) is 9.78 Å². The molecule has 2 heteroatoms. The van der Waals surface area contributed by atoms with E-state index in [4.69, 9.17) is 0 Å². The van der Waals surface area contributed by atoms with Gasteiger partial charge in [0, 0.05) is 19.2 Å². The van der Waals surface area contributed by atoms with Crippen molar-refractivity contribution in [2.75, 3.05) is 0 Å². The molecule has 60 valence electrons. The zero-order valence-electron chi connectivity index (χ0n) is 7.39. The predicted molar refractivity (Wildman–Crippen MR) is 46.5 cm³/mol. The minimum Gasteiger partial charge on any atom is -0.273 e. The second-order valence-corrected chi connectivity index (χ2v) is 3.03. The first-order chi connectivity index (χ1) is 5.09. The van der Waals surface area contributed by atoms with Crippen molar-refractivity contribution in [3.63, 3.8) is 0 Å². The Bertz CT molecular complexity index is 252. The van der Waals surface area contributed by atoms with Gasteiger partial charge in [-0.3, -0.25) is 4.68 Å². The third-order valence-electron chi connectivity index (χ3n) is 1.65. The molecule has 0 aliphatic carbocycles. The molecule has 0 atom stereocenters. The monoisotopic (exact) mass is 150 g/mol. The minimum absolute atomic E-state index is 0.891. The predicted octanol–water partition coefficient (Wildman–Crippen LogP) is 1.85. The first-order valence-corrected chi connectivity index (χ1v) is 3.73.